The molecule has 2 heterocycles. The van der Waals surface area contributed by atoms with Gasteiger partial charge in [-0.1, -0.05) is 12.8 Å². The number of nitrogens with one attached hydrogen (secondary N) is 1. The highest BCUT2D eigenvalue weighted by molar-refractivity contribution is 7.92. The molecule has 0 bridgehead atoms. The summed E-state index contributed by atoms with van der Waals surface area (Å²) in [5.41, 5.74) is 1.26. The van der Waals surface area contributed by atoms with Gasteiger partial charge in [0.15, 0.2) is 9.84 Å². The summed E-state index contributed by atoms with van der Waals surface area (Å²) in [5, 5.41) is 1.02. The quantitative estimate of drug-likeness (QED) is 0.850. The van der Waals surface area contributed by atoms with Crippen LogP contribution >= 0.6 is 0 Å². The molecule has 27 heavy (non-hydrogen) atoms. The Morgan fingerprint density at radius 2 is 1.93 bits per heavy atom. The number of nitrogens with zero attached hydrogens (tertiary/aromatic N) is 3. The molecule has 0 amide bonds. The smallest absolute Gasteiger partial charge is 0.153 e. The van der Waals surface area contributed by atoms with Gasteiger partial charge in [0.05, 0.1) is 16.4 Å². The van der Waals surface area contributed by atoms with Crippen molar-refractivity contribution in [3.8, 4) is 0 Å². The summed E-state index contributed by atoms with van der Waals surface area (Å²) in [7, 11) is -0.758. The van der Waals surface area contributed by atoms with Crippen molar-refractivity contribution < 1.29 is 8.42 Å². The number of H-pyrrole nitrogens is 1. The van der Waals surface area contributed by atoms with Crippen molar-refractivity contribution in [2.24, 2.45) is 11.3 Å². The summed E-state index contributed by atoms with van der Waals surface area (Å²) in [6.45, 7) is 0. The van der Waals surface area contributed by atoms with E-state index in [1.807, 2.05) is 12.3 Å². The van der Waals surface area contributed by atoms with E-state index in [1.165, 1.54) is 0 Å². The van der Waals surface area contributed by atoms with Gasteiger partial charge in [0.2, 0.25) is 0 Å². The largest absolute Gasteiger partial charge is 0.356 e. The first-order valence-corrected chi connectivity index (χ1v) is 11.9. The van der Waals surface area contributed by atoms with Crippen LogP contribution in [0.2, 0.25) is 0 Å². The van der Waals surface area contributed by atoms with Crippen molar-refractivity contribution in [2.75, 3.05) is 17.7 Å². The van der Waals surface area contributed by atoms with Crippen molar-refractivity contribution in [2.45, 2.75) is 62.7 Å². The fraction of sp³-hybridized carbons (Fsp3) is 0.700. The first-order chi connectivity index (χ1) is 13.0. The van der Waals surface area contributed by atoms with Gasteiger partial charge < -0.3 is 9.88 Å². The minimum absolute atomic E-state index is 0.0455. The Labute approximate surface area is 160 Å². The van der Waals surface area contributed by atoms with Gasteiger partial charge in [0.1, 0.15) is 17.8 Å². The second kappa shape index (κ2) is 6.19. The van der Waals surface area contributed by atoms with E-state index in [4.69, 9.17) is 0 Å². The summed E-state index contributed by atoms with van der Waals surface area (Å²) in [4.78, 5) is 14.2. The van der Waals surface area contributed by atoms with Gasteiger partial charge in [-0.2, -0.15) is 0 Å². The first kappa shape index (κ1) is 17.5. The maximum Gasteiger partial charge on any atom is 0.153 e. The molecule has 6 nitrogen and oxygen atoms in total. The lowest BCUT2D eigenvalue weighted by Gasteiger charge is -2.59. The van der Waals surface area contributed by atoms with Crippen LogP contribution in [0.4, 0.5) is 5.82 Å². The molecule has 0 unspecified atom stereocenters. The number of hydrogen-bond donors (Lipinski definition) is 1. The summed E-state index contributed by atoms with van der Waals surface area (Å²) in [6, 6.07) is 2.52. The number of sulfone groups is 1. The van der Waals surface area contributed by atoms with Crippen LogP contribution in [0, 0.1) is 11.3 Å². The lowest BCUT2D eigenvalue weighted by molar-refractivity contribution is -0.0313. The molecule has 1 N–H and O–H groups in total. The van der Waals surface area contributed by atoms with Crippen molar-refractivity contribution >= 4 is 26.7 Å². The maximum absolute atomic E-state index is 12.6. The SMILES string of the molecule is CN(c1ncnc2[nH]ccc12)C1CC2(CC(CS(=O)(=O)C3CCCC3)C2)C1. The second-order valence-corrected chi connectivity index (χ2v) is 11.4. The minimum atomic E-state index is -2.88. The first-order valence-electron chi connectivity index (χ1n) is 10.2. The van der Waals surface area contributed by atoms with Gasteiger partial charge >= 0.3 is 0 Å². The van der Waals surface area contributed by atoms with E-state index in [2.05, 4.69) is 26.9 Å². The Bertz CT molecular complexity index is 934. The van der Waals surface area contributed by atoms with E-state index in [1.54, 1.807) is 6.33 Å². The zero-order chi connectivity index (χ0) is 18.6. The molecule has 1 spiro atoms. The molecule has 0 aromatic carbocycles. The normalized spacial score (nSPS) is 31.1. The van der Waals surface area contributed by atoms with Gasteiger partial charge in [0.25, 0.3) is 0 Å². The van der Waals surface area contributed by atoms with Crippen LogP contribution < -0.4 is 4.90 Å². The third-order valence-corrected chi connectivity index (χ3v) is 9.70. The average Bonchev–Trinajstić information content (AvgIpc) is 3.25. The zero-order valence-electron chi connectivity index (χ0n) is 15.9. The third-order valence-electron chi connectivity index (χ3n) is 7.27. The van der Waals surface area contributed by atoms with E-state index in [0.29, 0.717) is 23.1 Å². The predicted molar refractivity (Wildman–Crippen MR) is 107 cm³/mol. The van der Waals surface area contributed by atoms with Crippen molar-refractivity contribution in [3.63, 3.8) is 0 Å². The van der Waals surface area contributed by atoms with E-state index < -0.39 is 9.84 Å². The summed E-state index contributed by atoms with van der Waals surface area (Å²) in [6.07, 6.45) is 12.0. The molecule has 3 aliphatic rings. The molecule has 3 saturated carbocycles. The number of aromatic amines is 1. The highest BCUT2D eigenvalue weighted by Crippen LogP contribution is 2.60. The van der Waals surface area contributed by atoms with Crippen LogP contribution in [-0.2, 0) is 9.84 Å². The van der Waals surface area contributed by atoms with Crippen LogP contribution in [-0.4, -0.2) is 47.5 Å². The minimum Gasteiger partial charge on any atom is -0.356 e. The molecule has 0 atom stereocenters. The zero-order valence-corrected chi connectivity index (χ0v) is 16.7. The third kappa shape index (κ3) is 2.94. The molecule has 0 radical (unpaired) electrons. The molecular weight excluding hydrogens is 360 g/mol. The lowest BCUT2D eigenvalue weighted by atomic mass is 9.50. The number of rotatable bonds is 5. The van der Waals surface area contributed by atoms with Crippen molar-refractivity contribution in [1.29, 1.82) is 0 Å². The van der Waals surface area contributed by atoms with Gasteiger partial charge in [-0.25, -0.2) is 18.4 Å². The summed E-state index contributed by atoms with van der Waals surface area (Å²) < 4.78 is 25.2. The number of hydrogen-bond acceptors (Lipinski definition) is 5. The Balaban J connectivity index is 1.18. The molecule has 3 aliphatic carbocycles. The molecule has 2 aromatic rings. The van der Waals surface area contributed by atoms with Gasteiger partial charge in [-0.3, -0.25) is 0 Å². The summed E-state index contributed by atoms with van der Waals surface area (Å²) >= 11 is 0. The predicted octanol–water partition coefficient (Wildman–Crippen LogP) is 3.31. The average molecular weight is 389 g/mol. The Morgan fingerprint density at radius 1 is 1.19 bits per heavy atom. The molecule has 0 saturated heterocycles. The second-order valence-electron chi connectivity index (χ2n) is 9.12. The van der Waals surface area contributed by atoms with E-state index >= 15 is 0 Å². The monoisotopic (exact) mass is 388 g/mol. The van der Waals surface area contributed by atoms with Crippen LogP contribution in [0.15, 0.2) is 18.6 Å². The fourth-order valence-corrected chi connectivity index (χ4v) is 8.07. The van der Waals surface area contributed by atoms with Crippen LogP contribution in [0.5, 0.6) is 0 Å². The molecular formula is C20H28N4O2S. The highest BCUT2D eigenvalue weighted by atomic mass is 32.2. The molecule has 3 fully saturated rings. The molecule has 5 rings (SSSR count). The molecule has 146 valence electrons. The van der Waals surface area contributed by atoms with Gasteiger partial charge in [-0.05, 0) is 55.9 Å². The molecule has 0 aliphatic heterocycles. The Kier molecular flexibility index (Phi) is 4.00. The topological polar surface area (TPSA) is 79.0 Å². The van der Waals surface area contributed by atoms with Crippen molar-refractivity contribution in [3.05, 3.63) is 18.6 Å². The lowest BCUT2D eigenvalue weighted by Crippen LogP contribution is -2.56. The summed E-state index contributed by atoms with van der Waals surface area (Å²) in [5.74, 6) is 1.80. The van der Waals surface area contributed by atoms with E-state index in [9.17, 15) is 8.42 Å². The fourth-order valence-electron chi connectivity index (χ4n) is 5.85. The van der Waals surface area contributed by atoms with Crippen LogP contribution in [0.25, 0.3) is 11.0 Å². The number of fused-ring (bicyclic) bond motifs is 1. The van der Waals surface area contributed by atoms with E-state index in [0.717, 1.165) is 68.2 Å². The Morgan fingerprint density at radius 3 is 2.67 bits per heavy atom. The Hall–Kier alpha value is -1.63. The van der Waals surface area contributed by atoms with Crippen LogP contribution in [0.1, 0.15) is 51.4 Å². The molecule has 7 heteroatoms. The van der Waals surface area contributed by atoms with E-state index in [-0.39, 0.29) is 5.25 Å². The maximum atomic E-state index is 12.6. The molecule has 2 aromatic heterocycles. The standard InChI is InChI=1S/C20H28N4O2S/c1-24(19-17-6-7-21-18(17)22-13-23-19)15-10-20(11-15)8-14(9-20)12-27(25,26)16-4-2-3-5-16/h6-7,13-16H,2-5,8-12H2,1H3,(H,21,22,23). The number of aromatic nitrogens is 3. The van der Waals surface area contributed by atoms with Gasteiger partial charge in [-0.15, -0.1) is 0 Å². The highest BCUT2D eigenvalue weighted by Gasteiger charge is 2.55. The number of anilines is 1. The van der Waals surface area contributed by atoms with Crippen LogP contribution in [0.3, 0.4) is 0 Å². The van der Waals surface area contributed by atoms with Gasteiger partial charge in [0, 0.05) is 19.3 Å². The van der Waals surface area contributed by atoms with Crippen molar-refractivity contribution in [1.82, 2.24) is 15.0 Å².